The molecule has 0 radical (unpaired) electrons. The fourth-order valence-electron chi connectivity index (χ4n) is 0.762. The first-order valence-corrected chi connectivity index (χ1v) is 3.64. The van der Waals surface area contributed by atoms with Gasteiger partial charge in [-0.1, -0.05) is 12.0 Å². The van der Waals surface area contributed by atoms with Crippen molar-refractivity contribution >= 4 is 5.97 Å². The van der Waals surface area contributed by atoms with Crippen LogP contribution in [0.4, 0.5) is 0 Å². The zero-order valence-corrected chi connectivity index (χ0v) is 6.84. The number of aliphatic carboxylic acids is 1. The topological polar surface area (TPSA) is 112 Å². The third-order valence-corrected chi connectivity index (χ3v) is 1.53. The van der Waals surface area contributed by atoms with Gasteiger partial charge in [-0.15, -0.1) is 0 Å². The van der Waals surface area contributed by atoms with Crippen LogP contribution in [0.15, 0.2) is 5.11 Å². The SMILES string of the molecule is CCC(CC(N)C(=O)O)N=[N+]=[N-]. The van der Waals surface area contributed by atoms with Crippen LogP contribution in [-0.2, 0) is 4.79 Å². The number of rotatable bonds is 5. The van der Waals surface area contributed by atoms with Gasteiger partial charge in [-0.2, -0.15) is 0 Å². The second kappa shape index (κ2) is 5.40. The maximum absolute atomic E-state index is 10.3. The predicted molar refractivity (Wildman–Crippen MR) is 43.5 cm³/mol. The lowest BCUT2D eigenvalue weighted by Gasteiger charge is -2.10. The Morgan fingerprint density at radius 2 is 2.42 bits per heavy atom. The van der Waals surface area contributed by atoms with Gasteiger partial charge in [0.05, 0.1) is 0 Å². The molecular weight excluding hydrogens is 160 g/mol. The minimum atomic E-state index is -1.07. The minimum Gasteiger partial charge on any atom is -0.480 e. The molecule has 0 aliphatic carbocycles. The molecule has 0 saturated heterocycles. The summed E-state index contributed by atoms with van der Waals surface area (Å²) in [5.74, 6) is -1.07. The highest BCUT2D eigenvalue weighted by molar-refractivity contribution is 5.73. The zero-order chi connectivity index (χ0) is 9.56. The smallest absolute Gasteiger partial charge is 0.320 e. The van der Waals surface area contributed by atoms with Gasteiger partial charge in [0.15, 0.2) is 0 Å². The maximum atomic E-state index is 10.3. The van der Waals surface area contributed by atoms with Crippen molar-refractivity contribution in [2.45, 2.75) is 31.8 Å². The molecule has 0 saturated carbocycles. The summed E-state index contributed by atoms with van der Waals surface area (Å²) in [4.78, 5) is 12.9. The number of nitrogens with two attached hydrogens (primary N) is 1. The van der Waals surface area contributed by atoms with E-state index < -0.39 is 12.0 Å². The van der Waals surface area contributed by atoms with Gasteiger partial charge in [0.2, 0.25) is 0 Å². The first-order chi connectivity index (χ1) is 5.61. The summed E-state index contributed by atoms with van der Waals surface area (Å²) in [5, 5.41) is 11.8. The van der Waals surface area contributed by atoms with Crippen molar-refractivity contribution in [1.29, 1.82) is 0 Å². The molecule has 0 aromatic heterocycles. The number of hydrogen-bond acceptors (Lipinski definition) is 3. The largest absolute Gasteiger partial charge is 0.480 e. The fourth-order valence-corrected chi connectivity index (χ4v) is 0.762. The van der Waals surface area contributed by atoms with Gasteiger partial charge in [-0.25, -0.2) is 0 Å². The third-order valence-electron chi connectivity index (χ3n) is 1.53. The molecule has 0 aliphatic heterocycles. The Morgan fingerprint density at radius 1 is 1.83 bits per heavy atom. The Bertz CT molecular complexity index is 200. The molecule has 6 nitrogen and oxygen atoms in total. The Hall–Kier alpha value is -1.26. The number of carbonyl (C=O) groups is 1. The second-order valence-electron chi connectivity index (χ2n) is 2.45. The predicted octanol–water partition coefficient (Wildman–Crippen LogP) is 0.877. The van der Waals surface area contributed by atoms with Crippen molar-refractivity contribution in [3.8, 4) is 0 Å². The molecule has 0 amide bonds. The number of carboxylic acids is 1. The van der Waals surface area contributed by atoms with Crippen LogP contribution in [0.3, 0.4) is 0 Å². The van der Waals surface area contributed by atoms with Gasteiger partial charge in [0.25, 0.3) is 0 Å². The van der Waals surface area contributed by atoms with Crippen molar-refractivity contribution in [2.24, 2.45) is 10.8 Å². The third kappa shape index (κ3) is 3.80. The van der Waals surface area contributed by atoms with Gasteiger partial charge < -0.3 is 10.8 Å². The highest BCUT2D eigenvalue weighted by Crippen LogP contribution is 2.05. The molecule has 68 valence electrons. The summed E-state index contributed by atoms with van der Waals surface area (Å²) in [6.07, 6.45) is 0.793. The molecule has 2 unspecified atom stereocenters. The average Bonchev–Trinajstić information content (AvgIpc) is 2.03. The van der Waals surface area contributed by atoms with Crippen LogP contribution in [0.2, 0.25) is 0 Å². The van der Waals surface area contributed by atoms with E-state index in [-0.39, 0.29) is 12.5 Å². The van der Waals surface area contributed by atoms with E-state index >= 15 is 0 Å². The Balaban J connectivity index is 4.01. The van der Waals surface area contributed by atoms with E-state index in [2.05, 4.69) is 10.0 Å². The molecule has 6 heteroatoms. The second-order valence-corrected chi connectivity index (χ2v) is 2.45. The summed E-state index contributed by atoms with van der Waals surface area (Å²) in [5.41, 5.74) is 13.3. The van der Waals surface area contributed by atoms with E-state index in [1.54, 1.807) is 0 Å². The molecule has 0 bridgehead atoms. The van der Waals surface area contributed by atoms with Gasteiger partial charge >= 0.3 is 5.97 Å². The first-order valence-electron chi connectivity index (χ1n) is 3.64. The van der Waals surface area contributed by atoms with Gasteiger partial charge in [-0.3, -0.25) is 4.79 Å². The molecule has 0 aliphatic rings. The lowest BCUT2D eigenvalue weighted by Crippen LogP contribution is -2.33. The molecule has 0 heterocycles. The van der Waals surface area contributed by atoms with Crippen LogP contribution >= 0.6 is 0 Å². The summed E-state index contributed by atoms with van der Waals surface area (Å²) in [7, 11) is 0. The first kappa shape index (κ1) is 10.7. The van der Waals surface area contributed by atoms with Crippen molar-refractivity contribution in [1.82, 2.24) is 0 Å². The molecule has 0 aromatic rings. The molecule has 2 atom stereocenters. The number of carboxylic acid groups (broad SMARTS) is 1. The summed E-state index contributed by atoms with van der Waals surface area (Å²) < 4.78 is 0. The highest BCUT2D eigenvalue weighted by Gasteiger charge is 2.15. The molecule has 0 rings (SSSR count). The Kier molecular flexibility index (Phi) is 4.83. The average molecular weight is 172 g/mol. The Labute approximate surface area is 70.0 Å². The summed E-state index contributed by atoms with van der Waals surface area (Å²) in [6.45, 7) is 1.81. The highest BCUT2D eigenvalue weighted by atomic mass is 16.4. The van der Waals surface area contributed by atoms with E-state index in [4.69, 9.17) is 16.4 Å². The number of nitrogens with zero attached hydrogens (tertiary/aromatic N) is 3. The lowest BCUT2D eigenvalue weighted by molar-refractivity contribution is -0.138. The van der Waals surface area contributed by atoms with Crippen molar-refractivity contribution in [2.75, 3.05) is 0 Å². The van der Waals surface area contributed by atoms with E-state index in [9.17, 15) is 4.79 Å². The van der Waals surface area contributed by atoms with Gasteiger partial charge in [0.1, 0.15) is 6.04 Å². The van der Waals surface area contributed by atoms with Crippen molar-refractivity contribution in [3.63, 3.8) is 0 Å². The molecule has 3 N–H and O–H groups in total. The Morgan fingerprint density at radius 3 is 2.75 bits per heavy atom. The maximum Gasteiger partial charge on any atom is 0.320 e. The van der Waals surface area contributed by atoms with Crippen LogP contribution in [-0.4, -0.2) is 23.2 Å². The van der Waals surface area contributed by atoms with E-state index in [0.29, 0.717) is 6.42 Å². The van der Waals surface area contributed by atoms with Crippen LogP contribution in [0.1, 0.15) is 19.8 Å². The summed E-state index contributed by atoms with van der Waals surface area (Å²) in [6, 6.07) is -1.26. The standard InChI is InChI=1S/C6H12N4O2/c1-2-4(9-10-8)3-5(7)6(11)12/h4-5H,2-3,7H2,1H3,(H,11,12). The lowest BCUT2D eigenvalue weighted by atomic mass is 10.1. The zero-order valence-electron chi connectivity index (χ0n) is 6.84. The van der Waals surface area contributed by atoms with E-state index in [1.165, 1.54) is 0 Å². The van der Waals surface area contributed by atoms with Crippen molar-refractivity contribution in [3.05, 3.63) is 10.4 Å². The molecule has 0 spiro atoms. The minimum absolute atomic E-state index is 0.190. The van der Waals surface area contributed by atoms with E-state index in [0.717, 1.165) is 0 Å². The van der Waals surface area contributed by atoms with Crippen LogP contribution in [0.25, 0.3) is 10.4 Å². The van der Waals surface area contributed by atoms with E-state index in [1.807, 2.05) is 6.92 Å². The fraction of sp³-hybridized carbons (Fsp3) is 0.833. The van der Waals surface area contributed by atoms with Crippen LogP contribution in [0.5, 0.6) is 0 Å². The van der Waals surface area contributed by atoms with Crippen LogP contribution in [0, 0.1) is 0 Å². The van der Waals surface area contributed by atoms with Crippen LogP contribution < -0.4 is 5.73 Å². The molecular formula is C6H12N4O2. The summed E-state index contributed by atoms with van der Waals surface area (Å²) >= 11 is 0. The number of hydrogen-bond donors (Lipinski definition) is 2. The quantitative estimate of drug-likeness (QED) is 0.364. The normalized spacial score (nSPS) is 14.5. The monoisotopic (exact) mass is 172 g/mol. The molecule has 0 fully saturated rings. The van der Waals surface area contributed by atoms with Gasteiger partial charge in [-0.05, 0) is 18.4 Å². The molecule has 12 heavy (non-hydrogen) atoms. The number of azide groups is 1. The molecule has 0 aromatic carbocycles. The van der Waals surface area contributed by atoms with Gasteiger partial charge in [0, 0.05) is 11.0 Å². The van der Waals surface area contributed by atoms with Crippen molar-refractivity contribution < 1.29 is 9.90 Å².